The molecule has 3 rings (SSSR count). The van der Waals surface area contributed by atoms with Crippen molar-refractivity contribution < 1.29 is 4.39 Å². The predicted molar refractivity (Wildman–Crippen MR) is 62.9 cm³/mol. The third kappa shape index (κ3) is 1.59. The lowest BCUT2D eigenvalue weighted by Gasteiger charge is -2.19. The summed E-state index contributed by atoms with van der Waals surface area (Å²) in [6, 6.07) is 5.51. The van der Waals surface area contributed by atoms with Crippen LogP contribution in [0.2, 0.25) is 0 Å². The van der Waals surface area contributed by atoms with Crippen LogP contribution in [-0.2, 0) is 5.54 Å². The lowest BCUT2D eigenvalue weighted by molar-refractivity contribution is 0.614. The van der Waals surface area contributed by atoms with Crippen molar-refractivity contribution in [3.8, 4) is 0 Å². The first-order valence-corrected chi connectivity index (χ1v) is 6.03. The van der Waals surface area contributed by atoms with Gasteiger partial charge >= 0.3 is 0 Å². The van der Waals surface area contributed by atoms with Gasteiger partial charge in [-0.1, -0.05) is 6.07 Å². The van der Waals surface area contributed by atoms with Gasteiger partial charge in [-0.25, -0.2) is 4.39 Å². The van der Waals surface area contributed by atoms with E-state index in [0.29, 0.717) is 0 Å². The highest BCUT2D eigenvalue weighted by Crippen LogP contribution is 2.43. The number of nitrogens with zero attached hydrogens (tertiary/aromatic N) is 1. The van der Waals surface area contributed by atoms with Crippen LogP contribution in [0.4, 0.5) is 10.1 Å². The molecule has 0 amide bonds. The number of hydrogen-bond donors (Lipinski definition) is 1. The van der Waals surface area contributed by atoms with E-state index in [9.17, 15) is 4.39 Å². The molecule has 1 aromatic rings. The number of halogens is 1. The van der Waals surface area contributed by atoms with Crippen molar-refractivity contribution in [1.29, 1.82) is 0 Å². The van der Waals surface area contributed by atoms with Crippen LogP contribution in [0, 0.1) is 5.82 Å². The molecule has 0 spiro atoms. The summed E-state index contributed by atoms with van der Waals surface area (Å²) in [5.41, 5.74) is 7.52. The van der Waals surface area contributed by atoms with E-state index >= 15 is 0 Å². The molecule has 16 heavy (non-hydrogen) atoms. The summed E-state index contributed by atoms with van der Waals surface area (Å²) >= 11 is 0. The zero-order chi connectivity index (χ0) is 11.2. The summed E-state index contributed by atoms with van der Waals surface area (Å²) < 4.78 is 14.0. The van der Waals surface area contributed by atoms with Crippen LogP contribution in [0.1, 0.15) is 31.2 Å². The highest BCUT2D eigenvalue weighted by Gasteiger charge is 2.40. The Hall–Kier alpha value is -1.09. The molecule has 0 bridgehead atoms. The van der Waals surface area contributed by atoms with Crippen LogP contribution >= 0.6 is 0 Å². The molecule has 1 aromatic carbocycles. The largest absolute Gasteiger partial charge is 0.369 e. The number of anilines is 1. The molecule has 0 atom stereocenters. The SMILES string of the molecule is NC1(c2ccc(N3CCCC3)c(F)c2)CC1. The van der Waals surface area contributed by atoms with Crippen LogP contribution < -0.4 is 10.6 Å². The Labute approximate surface area is 95.2 Å². The van der Waals surface area contributed by atoms with Gasteiger partial charge in [-0.15, -0.1) is 0 Å². The molecular formula is C13H17FN2. The van der Waals surface area contributed by atoms with Gasteiger partial charge in [-0.3, -0.25) is 0 Å². The molecule has 3 heteroatoms. The zero-order valence-electron chi connectivity index (χ0n) is 9.38. The first-order valence-electron chi connectivity index (χ1n) is 6.03. The van der Waals surface area contributed by atoms with Crippen LogP contribution in [0.15, 0.2) is 18.2 Å². The van der Waals surface area contributed by atoms with Crippen molar-refractivity contribution in [3.05, 3.63) is 29.6 Å². The summed E-state index contributed by atoms with van der Waals surface area (Å²) in [5, 5.41) is 0. The van der Waals surface area contributed by atoms with E-state index in [2.05, 4.69) is 4.90 Å². The van der Waals surface area contributed by atoms with E-state index in [4.69, 9.17) is 5.73 Å². The maximum Gasteiger partial charge on any atom is 0.146 e. The van der Waals surface area contributed by atoms with E-state index in [-0.39, 0.29) is 11.4 Å². The molecule has 1 aliphatic carbocycles. The zero-order valence-corrected chi connectivity index (χ0v) is 9.38. The first-order chi connectivity index (χ1) is 7.69. The summed E-state index contributed by atoms with van der Waals surface area (Å²) in [6.45, 7) is 1.95. The first kappa shape index (κ1) is 10.1. The van der Waals surface area contributed by atoms with Gasteiger partial charge in [0, 0.05) is 18.6 Å². The lowest BCUT2D eigenvalue weighted by Crippen LogP contribution is -2.21. The fourth-order valence-corrected chi connectivity index (χ4v) is 2.45. The van der Waals surface area contributed by atoms with Crippen LogP contribution in [0.5, 0.6) is 0 Å². The Balaban J connectivity index is 1.90. The second-order valence-corrected chi connectivity index (χ2v) is 5.02. The Morgan fingerprint density at radius 1 is 1.19 bits per heavy atom. The fraction of sp³-hybridized carbons (Fsp3) is 0.538. The normalized spacial score (nSPS) is 22.5. The highest BCUT2D eigenvalue weighted by molar-refractivity contribution is 5.51. The maximum atomic E-state index is 14.0. The van der Waals surface area contributed by atoms with E-state index in [1.807, 2.05) is 12.1 Å². The summed E-state index contributed by atoms with van der Waals surface area (Å²) in [5.74, 6) is -0.115. The van der Waals surface area contributed by atoms with E-state index in [1.54, 1.807) is 6.07 Å². The van der Waals surface area contributed by atoms with Gasteiger partial charge in [-0.05, 0) is 43.4 Å². The van der Waals surface area contributed by atoms with Crippen LogP contribution in [0.25, 0.3) is 0 Å². The molecule has 1 saturated carbocycles. The van der Waals surface area contributed by atoms with Crippen LogP contribution in [-0.4, -0.2) is 13.1 Å². The topological polar surface area (TPSA) is 29.3 Å². The van der Waals surface area contributed by atoms with Crippen molar-refractivity contribution in [1.82, 2.24) is 0 Å². The molecule has 0 unspecified atom stereocenters. The predicted octanol–water partition coefficient (Wildman–Crippen LogP) is 2.37. The Morgan fingerprint density at radius 2 is 1.88 bits per heavy atom. The van der Waals surface area contributed by atoms with Gasteiger partial charge in [0.15, 0.2) is 0 Å². The van der Waals surface area contributed by atoms with Gasteiger partial charge in [0.1, 0.15) is 5.82 Å². The number of hydrogen-bond acceptors (Lipinski definition) is 2. The second kappa shape index (κ2) is 3.45. The molecule has 86 valence electrons. The Bertz CT molecular complexity index is 406. The third-order valence-electron chi connectivity index (χ3n) is 3.76. The van der Waals surface area contributed by atoms with Crippen molar-refractivity contribution in [3.63, 3.8) is 0 Å². The van der Waals surface area contributed by atoms with Crippen LogP contribution in [0.3, 0.4) is 0 Å². The molecule has 2 fully saturated rings. The minimum atomic E-state index is -0.232. The lowest BCUT2D eigenvalue weighted by atomic mass is 10.0. The summed E-state index contributed by atoms with van der Waals surface area (Å²) in [4.78, 5) is 2.12. The summed E-state index contributed by atoms with van der Waals surface area (Å²) in [7, 11) is 0. The van der Waals surface area contributed by atoms with Crippen molar-refractivity contribution in [2.75, 3.05) is 18.0 Å². The molecule has 1 heterocycles. The average molecular weight is 220 g/mol. The quantitative estimate of drug-likeness (QED) is 0.829. The van der Waals surface area contributed by atoms with Crippen molar-refractivity contribution in [2.24, 2.45) is 5.73 Å². The van der Waals surface area contributed by atoms with Crippen molar-refractivity contribution in [2.45, 2.75) is 31.2 Å². The van der Waals surface area contributed by atoms with E-state index in [0.717, 1.165) is 37.2 Å². The minimum absolute atomic E-state index is 0.115. The molecular weight excluding hydrogens is 203 g/mol. The third-order valence-corrected chi connectivity index (χ3v) is 3.76. The monoisotopic (exact) mass is 220 g/mol. The molecule has 1 aliphatic heterocycles. The Kier molecular flexibility index (Phi) is 2.18. The smallest absolute Gasteiger partial charge is 0.146 e. The number of nitrogens with two attached hydrogens (primary N) is 1. The van der Waals surface area contributed by atoms with Gasteiger partial charge < -0.3 is 10.6 Å². The molecule has 0 radical (unpaired) electrons. The van der Waals surface area contributed by atoms with Gasteiger partial charge in [-0.2, -0.15) is 0 Å². The van der Waals surface area contributed by atoms with E-state index in [1.165, 1.54) is 12.8 Å². The average Bonchev–Trinajstić information content (AvgIpc) is 2.82. The minimum Gasteiger partial charge on any atom is -0.369 e. The highest BCUT2D eigenvalue weighted by atomic mass is 19.1. The second-order valence-electron chi connectivity index (χ2n) is 5.02. The number of benzene rings is 1. The van der Waals surface area contributed by atoms with Gasteiger partial charge in [0.25, 0.3) is 0 Å². The fourth-order valence-electron chi connectivity index (χ4n) is 2.45. The van der Waals surface area contributed by atoms with Gasteiger partial charge in [0.05, 0.1) is 5.69 Å². The maximum absolute atomic E-state index is 14.0. The molecule has 2 N–H and O–H groups in total. The van der Waals surface area contributed by atoms with Crippen molar-refractivity contribution >= 4 is 5.69 Å². The summed E-state index contributed by atoms with van der Waals surface area (Å²) in [6.07, 6.45) is 4.30. The molecule has 0 aromatic heterocycles. The molecule has 2 nitrogen and oxygen atoms in total. The standard InChI is InChI=1S/C13H17FN2/c14-11-9-10(13(15)5-6-13)3-4-12(11)16-7-1-2-8-16/h3-4,9H,1-2,5-8,15H2. The van der Waals surface area contributed by atoms with E-state index < -0.39 is 0 Å². The molecule has 1 saturated heterocycles. The Morgan fingerprint density at radius 3 is 2.44 bits per heavy atom. The van der Waals surface area contributed by atoms with Gasteiger partial charge in [0.2, 0.25) is 0 Å². The number of rotatable bonds is 2. The molecule has 2 aliphatic rings.